The number of benzene rings is 1. The lowest BCUT2D eigenvalue weighted by Gasteiger charge is -2.06. The van der Waals surface area contributed by atoms with Crippen LogP contribution < -0.4 is 5.32 Å². The number of aromatic nitrogens is 4. The number of nitrogens with zero attached hydrogens (tertiary/aromatic N) is 4. The number of nitrogens with one attached hydrogen (secondary N) is 1. The highest BCUT2D eigenvalue weighted by Gasteiger charge is 2.15. The Morgan fingerprint density at radius 3 is 2.65 bits per heavy atom. The number of aromatic carboxylic acids is 1. The van der Waals surface area contributed by atoms with Gasteiger partial charge in [-0.05, 0) is 39.6 Å². The Labute approximate surface area is 134 Å². The molecule has 8 nitrogen and oxygen atoms in total. The van der Waals surface area contributed by atoms with Crippen LogP contribution in [0.3, 0.4) is 0 Å². The second-order valence-corrected chi connectivity index (χ2v) is 5.49. The number of hydrogen-bond donors (Lipinski definition) is 2. The molecule has 1 aromatic carbocycles. The van der Waals surface area contributed by atoms with Gasteiger partial charge in [-0.25, -0.2) is 4.79 Å². The first kappa shape index (κ1) is 14.9. The zero-order valence-corrected chi connectivity index (χ0v) is 12.5. The minimum atomic E-state index is -0.981. The van der Waals surface area contributed by atoms with Crippen LogP contribution in [0.4, 0.5) is 0 Å². The van der Waals surface area contributed by atoms with Crippen molar-refractivity contribution in [3.8, 4) is 5.69 Å². The normalized spacial score (nSPS) is 10.4. The zero-order valence-electron chi connectivity index (χ0n) is 11.7. The Kier molecular flexibility index (Phi) is 4.11. The van der Waals surface area contributed by atoms with E-state index >= 15 is 0 Å². The first-order chi connectivity index (χ1) is 11.1. The lowest BCUT2D eigenvalue weighted by molar-refractivity contribution is 0.0696. The third kappa shape index (κ3) is 3.24. The van der Waals surface area contributed by atoms with Crippen LogP contribution in [0, 0.1) is 0 Å². The minimum absolute atomic E-state index is 0.208. The molecule has 2 aromatic heterocycles. The molecule has 9 heteroatoms. The smallest absolute Gasteiger partial charge is 0.335 e. The summed E-state index contributed by atoms with van der Waals surface area (Å²) in [4.78, 5) is 23.6. The van der Waals surface area contributed by atoms with Gasteiger partial charge in [-0.15, -0.1) is 16.4 Å². The number of carbonyl (C=O) groups is 2. The van der Waals surface area contributed by atoms with Crippen molar-refractivity contribution in [2.24, 2.45) is 0 Å². The predicted molar refractivity (Wildman–Crippen MR) is 81.6 cm³/mol. The van der Waals surface area contributed by atoms with E-state index in [2.05, 4.69) is 20.8 Å². The summed E-state index contributed by atoms with van der Waals surface area (Å²) >= 11 is 1.29. The predicted octanol–water partition coefficient (Wildman–Crippen LogP) is 1.35. The molecule has 0 saturated heterocycles. The highest BCUT2D eigenvalue weighted by Crippen LogP contribution is 2.20. The molecule has 0 unspecified atom stereocenters. The number of thiophene rings is 1. The molecule has 0 spiro atoms. The number of hydrogen-bond acceptors (Lipinski definition) is 6. The standard InChI is InChI=1S/C14H11N5O3S/c20-13(12-11(5-6-23-12)19-8-16-17-18-19)15-7-9-1-3-10(4-2-9)14(21)22/h1-6,8H,7H2,(H,15,20)(H,21,22). The molecule has 0 aliphatic rings. The molecule has 116 valence electrons. The highest BCUT2D eigenvalue weighted by atomic mass is 32.1. The van der Waals surface area contributed by atoms with Gasteiger partial charge in [-0.2, -0.15) is 4.68 Å². The molecule has 0 fully saturated rings. The molecule has 0 aliphatic carbocycles. The summed E-state index contributed by atoms with van der Waals surface area (Å²) < 4.78 is 1.42. The lowest BCUT2D eigenvalue weighted by Crippen LogP contribution is -2.23. The highest BCUT2D eigenvalue weighted by molar-refractivity contribution is 7.12. The maximum atomic E-state index is 12.3. The molecule has 3 rings (SSSR count). The quantitative estimate of drug-likeness (QED) is 0.731. The first-order valence-electron chi connectivity index (χ1n) is 6.56. The molecule has 0 radical (unpaired) electrons. The van der Waals surface area contributed by atoms with Gasteiger partial charge in [0.25, 0.3) is 5.91 Å². The van der Waals surface area contributed by atoms with Gasteiger partial charge in [0.2, 0.25) is 0 Å². The van der Waals surface area contributed by atoms with Gasteiger partial charge in [0.05, 0.1) is 11.3 Å². The second kappa shape index (κ2) is 6.36. The van der Waals surface area contributed by atoms with Crippen LogP contribution in [-0.4, -0.2) is 37.2 Å². The van der Waals surface area contributed by atoms with Crippen LogP contribution >= 0.6 is 11.3 Å². The Morgan fingerprint density at radius 2 is 2.00 bits per heavy atom. The molecule has 0 aliphatic heterocycles. The van der Waals surface area contributed by atoms with Gasteiger partial charge in [0.1, 0.15) is 11.2 Å². The molecule has 2 heterocycles. The topological polar surface area (TPSA) is 110 Å². The summed E-state index contributed by atoms with van der Waals surface area (Å²) in [7, 11) is 0. The largest absolute Gasteiger partial charge is 0.478 e. The molecular weight excluding hydrogens is 318 g/mol. The molecule has 3 aromatic rings. The number of rotatable bonds is 5. The molecule has 2 N–H and O–H groups in total. The van der Waals surface area contributed by atoms with E-state index in [1.807, 2.05) is 0 Å². The maximum Gasteiger partial charge on any atom is 0.335 e. The minimum Gasteiger partial charge on any atom is -0.478 e. The van der Waals surface area contributed by atoms with Crippen molar-refractivity contribution in [3.05, 3.63) is 58.0 Å². The number of carboxylic acids is 1. The van der Waals surface area contributed by atoms with Gasteiger partial charge in [-0.3, -0.25) is 4.79 Å². The number of amides is 1. The third-order valence-corrected chi connectivity index (χ3v) is 4.00. The number of carboxylic acid groups (broad SMARTS) is 1. The summed E-state index contributed by atoms with van der Waals surface area (Å²) in [6, 6.07) is 8.10. The molecule has 23 heavy (non-hydrogen) atoms. The van der Waals surface area contributed by atoms with Gasteiger partial charge >= 0.3 is 5.97 Å². The average molecular weight is 329 g/mol. The summed E-state index contributed by atoms with van der Waals surface area (Å²) in [5.74, 6) is -1.22. The SMILES string of the molecule is O=C(O)c1ccc(CNC(=O)c2sccc2-n2cnnn2)cc1. The third-order valence-electron chi connectivity index (χ3n) is 3.10. The van der Waals surface area contributed by atoms with Crippen molar-refractivity contribution in [2.45, 2.75) is 6.54 Å². The van der Waals surface area contributed by atoms with Crippen LogP contribution in [-0.2, 0) is 6.54 Å². The number of tetrazole rings is 1. The van der Waals surface area contributed by atoms with Crippen molar-refractivity contribution in [1.29, 1.82) is 0 Å². The fourth-order valence-corrected chi connectivity index (χ4v) is 2.75. The Bertz CT molecular complexity index is 826. The lowest BCUT2D eigenvalue weighted by atomic mass is 10.1. The van der Waals surface area contributed by atoms with Crippen LogP contribution in [0.15, 0.2) is 42.0 Å². The number of carbonyl (C=O) groups excluding carboxylic acids is 1. The summed E-state index contributed by atoms with van der Waals surface area (Å²) in [5.41, 5.74) is 1.63. The van der Waals surface area contributed by atoms with E-state index in [-0.39, 0.29) is 11.5 Å². The van der Waals surface area contributed by atoms with E-state index in [0.29, 0.717) is 17.1 Å². The van der Waals surface area contributed by atoms with Crippen molar-refractivity contribution < 1.29 is 14.7 Å². The van der Waals surface area contributed by atoms with Crippen molar-refractivity contribution in [2.75, 3.05) is 0 Å². The average Bonchev–Trinajstić information content (AvgIpc) is 3.23. The van der Waals surface area contributed by atoms with E-state index < -0.39 is 5.97 Å². The Balaban J connectivity index is 1.68. The van der Waals surface area contributed by atoms with Crippen LogP contribution in [0.5, 0.6) is 0 Å². The molecule has 0 bridgehead atoms. The maximum absolute atomic E-state index is 12.3. The van der Waals surface area contributed by atoms with E-state index in [1.165, 1.54) is 34.5 Å². The summed E-state index contributed by atoms with van der Waals surface area (Å²) in [6.45, 7) is 0.297. The molecule has 1 amide bonds. The second-order valence-electron chi connectivity index (χ2n) is 4.57. The van der Waals surface area contributed by atoms with Gasteiger partial charge in [-0.1, -0.05) is 12.1 Å². The van der Waals surface area contributed by atoms with Crippen molar-refractivity contribution in [1.82, 2.24) is 25.5 Å². The van der Waals surface area contributed by atoms with Gasteiger partial charge in [0, 0.05) is 6.54 Å². The van der Waals surface area contributed by atoms with Gasteiger partial charge < -0.3 is 10.4 Å². The fourth-order valence-electron chi connectivity index (χ4n) is 1.95. The summed E-state index contributed by atoms with van der Waals surface area (Å²) in [6.07, 6.45) is 1.42. The first-order valence-corrected chi connectivity index (χ1v) is 7.44. The molecule has 0 saturated carbocycles. The van der Waals surface area contributed by atoms with Crippen LogP contribution in [0.2, 0.25) is 0 Å². The van der Waals surface area contributed by atoms with Crippen molar-refractivity contribution in [3.63, 3.8) is 0 Å². The van der Waals surface area contributed by atoms with E-state index in [9.17, 15) is 9.59 Å². The van der Waals surface area contributed by atoms with E-state index in [4.69, 9.17) is 5.11 Å². The Hall–Kier alpha value is -3.07. The van der Waals surface area contributed by atoms with Crippen LogP contribution in [0.25, 0.3) is 5.69 Å². The van der Waals surface area contributed by atoms with E-state index in [1.54, 1.807) is 23.6 Å². The van der Waals surface area contributed by atoms with Crippen molar-refractivity contribution >= 4 is 23.2 Å². The Morgan fingerprint density at radius 1 is 1.22 bits per heavy atom. The van der Waals surface area contributed by atoms with Gasteiger partial charge in [0.15, 0.2) is 0 Å². The van der Waals surface area contributed by atoms with Crippen LogP contribution in [0.1, 0.15) is 25.6 Å². The van der Waals surface area contributed by atoms with E-state index in [0.717, 1.165) is 5.56 Å². The summed E-state index contributed by atoms with van der Waals surface area (Å²) in [5, 5.41) is 24.3. The monoisotopic (exact) mass is 329 g/mol. The molecular formula is C14H11N5O3S. The molecule has 0 atom stereocenters. The zero-order chi connectivity index (χ0) is 16.2. The fraction of sp³-hybridized carbons (Fsp3) is 0.0714.